The summed E-state index contributed by atoms with van der Waals surface area (Å²) in [5.41, 5.74) is 4.99. The number of hydrogen-bond donors (Lipinski definition) is 1. The number of ether oxygens (including phenoxy) is 2. The summed E-state index contributed by atoms with van der Waals surface area (Å²) in [6, 6.07) is 12.6. The Bertz CT molecular complexity index is 637. The standard InChI is InChI=1S/C18H21NO2/c1-13-4-5-15(10-14(13)2)12-19-16-6-7-17-18(11-16)21-9-3-8-20-17/h4-7,10-11,19H,3,8-9,12H2,1-2H3. The summed E-state index contributed by atoms with van der Waals surface area (Å²) in [6.45, 7) is 6.53. The Morgan fingerprint density at radius 1 is 0.905 bits per heavy atom. The average molecular weight is 283 g/mol. The molecule has 0 saturated heterocycles. The second-order valence-corrected chi connectivity index (χ2v) is 5.48. The third kappa shape index (κ3) is 3.30. The second-order valence-electron chi connectivity index (χ2n) is 5.48. The van der Waals surface area contributed by atoms with Crippen molar-refractivity contribution in [2.75, 3.05) is 18.5 Å². The molecule has 1 aliphatic heterocycles. The Hall–Kier alpha value is -2.16. The average Bonchev–Trinajstić information content (AvgIpc) is 2.73. The molecule has 0 fully saturated rings. The largest absolute Gasteiger partial charge is 0.490 e. The zero-order valence-electron chi connectivity index (χ0n) is 12.6. The maximum Gasteiger partial charge on any atom is 0.163 e. The Morgan fingerprint density at radius 2 is 1.71 bits per heavy atom. The van der Waals surface area contributed by atoms with Crippen LogP contribution >= 0.6 is 0 Å². The minimum atomic E-state index is 0.716. The van der Waals surface area contributed by atoms with Gasteiger partial charge in [0.15, 0.2) is 11.5 Å². The van der Waals surface area contributed by atoms with Gasteiger partial charge in [-0.15, -0.1) is 0 Å². The van der Waals surface area contributed by atoms with Crippen LogP contribution in [0.5, 0.6) is 11.5 Å². The summed E-state index contributed by atoms with van der Waals surface area (Å²) in [6.07, 6.45) is 0.931. The number of nitrogens with one attached hydrogen (secondary N) is 1. The monoisotopic (exact) mass is 283 g/mol. The Kier molecular flexibility index (Phi) is 4.00. The van der Waals surface area contributed by atoms with Gasteiger partial charge in [-0.05, 0) is 42.7 Å². The van der Waals surface area contributed by atoms with Crippen LogP contribution in [0.1, 0.15) is 23.1 Å². The molecule has 21 heavy (non-hydrogen) atoms. The van der Waals surface area contributed by atoms with Crippen molar-refractivity contribution in [2.24, 2.45) is 0 Å². The molecule has 3 rings (SSSR count). The van der Waals surface area contributed by atoms with Gasteiger partial charge in [0, 0.05) is 24.7 Å². The molecule has 0 spiro atoms. The van der Waals surface area contributed by atoms with Crippen molar-refractivity contribution in [1.29, 1.82) is 0 Å². The van der Waals surface area contributed by atoms with Crippen molar-refractivity contribution in [3.8, 4) is 11.5 Å². The lowest BCUT2D eigenvalue weighted by Gasteiger charge is -2.12. The molecule has 1 heterocycles. The minimum absolute atomic E-state index is 0.716. The van der Waals surface area contributed by atoms with Gasteiger partial charge >= 0.3 is 0 Å². The van der Waals surface area contributed by atoms with E-state index in [0.717, 1.165) is 36.8 Å². The minimum Gasteiger partial charge on any atom is -0.490 e. The molecule has 3 heteroatoms. The van der Waals surface area contributed by atoms with Crippen LogP contribution in [-0.2, 0) is 6.54 Å². The van der Waals surface area contributed by atoms with E-state index >= 15 is 0 Å². The van der Waals surface area contributed by atoms with Gasteiger partial charge in [0.1, 0.15) is 0 Å². The molecular formula is C18H21NO2. The molecule has 1 N–H and O–H groups in total. The maximum absolute atomic E-state index is 5.71. The molecule has 2 aromatic rings. The highest BCUT2D eigenvalue weighted by Crippen LogP contribution is 2.32. The van der Waals surface area contributed by atoms with E-state index in [0.29, 0.717) is 6.61 Å². The first kappa shape index (κ1) is 13.8. The summed E-state index contributed by atoms with van der Waals surface area (Å²) < 4.78 is 11.4. The number of hydrogen-bond acceptors (Lipinski definition) is 3. The van der Waals surface area contributed by atoms with Crippen molar-refractivity contribution in [2.45, 2.75) is 26.8 Å². The summed E-state index contributed by atoms with van der Waals surface area (Å²) in [7, 11) is 0. The topological polar surface area (TPSA) is 30.5 Å². The molecule has 0 amide bonds. The van der Waals surface area contributed by atoms with Crippen LogP contribution in [0.4, 0.5) is 5.69 Å². The van der Waals surface area contributed by atoms with E-state index in [-0.39, 0.29) is 0 Å². The third-order valence-electron chi connectivity index (χ3n) is 3.82. The van der Waals surface area contributed by atoms with Gasteiger partial charge in [0.25, 0.3) is 0 Å². The highest BCUT2D eigenvalue weighted by Gasteiger charge is 2.10. The van der Waals surface area contributed by atoms with Gasteiger partial charge in [-0.2, -0.15) is 0 Å². The lowest BCUT2D eigenvalue weighted by Crippen LogP contribution is -2.01. The lowest BCUT2D eigenvalue weighted by atomic mass is 10.1. The van der Waals surface area contributed by atoms with Crippen molar-refractivity contribution < 1.29 is 9.47 Å². The number of fused-ring (bicyclic) bond motifs is 1. The van der Waals surface area contributed by atoms with Crippen molar-refractivity contribution in [1.82, 2.24) is 0 Å². The zero-order chi connectivity index (χ0) is 14.7. The SMILES string of the molecule is Cc1ccc(CNc2ccc3c(c2)OCCCO3)cc1C. The van der Waals surface area contributed by atoms with Gasteiger partial charge < -0.3 is 14.8 Å². The van der Waals surface area contributed by atoms with Gasteiger partial charge in [0.2, 0.25) is 0 Å². The van der Waals surface area contributed by atoms with Crippen LogP contribution in [0.3, 0.4) is 0 Å². The van der Waals surface area contributed by atoms with Crippen molar-refractivity contribution >= 4 is 5.69 Å². The Morgan fingerprint density at radius 3 is 2.52 bits per heavy atom. The fourth-order valence-electron chi connectivity index (χ4n) is 2.39. The van der Waals surface area contributed by atoms with Crippen LogP contribution in [-0.4, -0.2) is 13.2 Å². The van der Waals surface area contributed by atoms with Crippen molar-refractivity contribution in [3.05, 3.63) is 53.1 Å². The first-order valence-electron chi connectivity index (χ1n) is 7.42. The van der Waals surface area contributed by atoms with Gasteiger partial charge in [-0.1, -0.05) is 18.2 Å². The van der Waals surface area contributed by atoms with E-state index in [1.54, 1.807) is 0 Å². The highest BCUT2D eigenvalue weighted by molar-refractivity contribution is 5.55. The van der Waals surface area contributed by atoms with Crippen LogP contribution in [0.25, 0.3) is 0 Å². The molecule has 0 atom stereocenters. The fourth-order valence-corrected chi connectivity index (χ4v) is 2.39. The molecule has 0 radical (unpaired) electrons. The molecule has 3 nitrogen and oxygen atoms in total. The van der Waals surface area contributed by atoms with Gasteiger partial charge in [0.05, 0.1) is 13.2 Å². The number of aryl methyl sites for hydroxylation is 2. The lowest BCUT2D eigenvalue weighted by molar-refractivity contribution is 0.297. The summed E-state index contributed by atoms with van der Waals surface area (Å²) in [5.74, 6) is 1.67. The summed E-state index contributed by atoms with van der Waals surface area (Å²) >= 11 is 0. The van der Waals surface area contributed by atoms with Crippen LogP contribution in [0, 0.1) is 13.8 Å². The predicted molar refractivity (Wildman–Crippen MR) is 85.3 cm³/mol. The quantitative estimate of drug-likeness (QED) is 0.920. The highest BCUT2D eigenvalue weighted by atomic mass is 16.5. The molecule has 110 valence electrons. The number of anilines is 1. The molecule has 2 aromatic carbocycles. The van der Waals surface area contributed by atoms with E-state index < -0.39 is 0 Å². The van der Waals surface area contributed by atoms with Gasteiger partial charge in [-0.3, -0.25) is 0 Å². The van der Waals surface area contributed by atoms with E-state index in [2.05, 4.69) is 37.4 Å². The van der Waals surface area contributed by atoms with Crippen molar-refractivity contribution in [3.63, 3.8) is 0 Å². The molecule has 0 unspecified atom stereocenters. The fraction of sp³-hybridized carbons (Fsp3) is 0.333. The third-order valence-corrected chi connectivity index (χ3v) is 3.82. The van der Waals surface area contributed by atoms with Crippen LogP contribution in [0.2, 0.25) is 0 Å². The molecule has 0 bridgehead atoms. The number of rotatable bonds is 3. The van der Waals surface area contributed by atoms with E-state index in [9.17, 15) is 0 Å². The Balaban J connectivity index is 1.70. The predicted octanol–water partition coefficient (Wildman–Crippen LogP) is 4.08. The molecule has 1 aliphatic rings. The molecule has 0 saturated carbocycles. The summed E-state index contributed by atoms with van der Waals surface area (Å²) in [5, 5.41) is 3.44. The maximum atomic E-state index is 5.71. The first-order valence-corrected chi connectivity index (χ1v) is 7.42. The van der Waals surface area contributed by atoms with E-state index in [1.165, 1.54) is 16.7 Å². The van der Waals surface area contributed by atoms with E-state index in [4.69, 9.17) is 9.47 Å². The molecule has 0 aromatic heterocycles. The normalized spacial score (nSPS) is 13.6. The second kappa shape index (κ2) is 6.08. The van der Waals surface area contributed by atoms with Crippen LogP contribution in [0.15, 0.2) is 36.4 Å². The Labute approximate surface area is 125 Å². The molecular weight excluding hydrogens is 262 g/mol. The smallest absolute Gasteiger partial charge is 0.163 e. The van der Waals surface area contributed by atoms with E-state index in [1.807, 2.05) is 18.2 Å². The van der Waals surface area contributed by atoms with Gasteiger partial charge in [-0.25, -0.2) is 0 Å². The van der Waals surface area contributed by atoms with Crippen LogP contribution < -0.4 is 14.8 Å². The first-order chi connectivity index (χ1) is 10.2. The number of benzene rings is 2. The summed E-state index contributed by atoms with van der Waals surface area (Å²) in [4.78, 5) is 0. The zero-order valence-corrected chi connectivity index (χ0v) is 12.6. The molecule has 0 aliphatic carbocycles.